The summed E-state index contributed by atoms with van der Waals surface area (Å²) in [6.07, 6.45) is 8.81. The van der Waals surface area contributed by atoms with Crippen LogP contribution in [-0.4, -0.2) is 57.8 Å². The zero-order valence-electron chi connectivity index (χ0n) is 12.4. The number of nitrogens with zero attached hydrogens (tertiary/aromatic N) is 2. The third kappa shape index (κ3) is 2.14. The van der Waals surface area contributed by atoms with Crippen molar-refractivity contribution >= 4 is 23.6 Å². The second-order valence-corrected chi connectivity index (χ2v) is 7.70. The minimum Gasteiger partial charge on any atom is -0.329 e. The van der Waals surface area contributed by atoms with E-state index in [4.69, 9.17) is 0 Å². The van der Waals surface area contributed by atoms with Crippen molar-refractivity contribution in [2.45, 2.75) is 62.3 Å². The Morgan fingerprint density at radius 2 is 1.90 bits per heavy atom. The largest absolute Gasteiger partial charge is 0.329 e. The normalized spacial score (nSPS) is 32.9. The predicted molar refractivity (Wildman–Crippen MR) is 80.6 cm³/mol. The van der Waals surface area contributed by atoms with Gasteiger partial charge in [0, 0.05) is 17.8 Å². The fraction of sp³-hybridized carbons (Fsp3) is 0.867. The smallest absolute Gasteiger partial charge is 0.246 e. The highest BCUT2D eigenvalue weighted by Gasteiger charge is 2.48. The van der Waals surface area contributed by atoms with Gasteiger partial charge in [0.25, 0.3) is 0 Å². The average molecular weight is 296 g/mol. The lowest BCUT2D eigenvalue weighted by molar-refractivity contribution is -0.158. The first kappa shape index (κ1) is 14.2. The lowest BCUT2D eigenvalue weighted by Crippen LogP contribution is -2.63. The van der Waals surface area contributed by atoms with Crippen molar-refractivity contribution in [3.05, 3.63) is 0 Å². The Morgan fingerprint density at radius 1 is 1.20 bits per heavy atom. The standard InChI is InChI=1S/C15H24N2O2S/c1-11-13(18)16-9-5-6-12(16)14(19)17(11)10-15(20-2)7-3-4-8-15/h11-12H,3-10H2,1-2H3. The van der Waals surface area contributed by atoms with Gasteiger partial charge in [0.2, 0.25) is 11.8 Å². The first-order chi connectivity index (χ1) is 9.58. The van der Waals surface area contributed by atoms with Gasteiger partial charge in [-0.1, -0.05) is 12.8 Å². The lowest BCUT2D eigenvalue weighted by atomic mass is 10.0. The molecule has 2 atom stereocenters. The summed E-state index contributed by atoms with van der Waals surface area (Å²) in [5, 5.41) is 0. The van der Waals surface area contributed by atoms with E-state index in [1.54, 1.807) is 0 Å². The van der Waals surface area contributed by atoms with E-state index < -0.39 is 0 Å². The summed E-state index contributed by atoms with van der Waals surface area (Å²) < 4.78 is 0.185. The van der Waals surface area contributed by atoms with Crippen molar-refractivity contribution in [2.75, 3.05) is 19.3 Å². The lowest BCUT2D eigenvalue weighted by Gasteiger charge is -2.44. The van der Waals surface area contributed by atoms with E-state index in [2.05, 4.69) is 6.26 Å². The summed E-state index contributed by atoms with van der Waals surface area (Å²) in [7, 11) is 0. The summed E-state index contributed by atoms with van der Waals surface area (Å²) in [4.78, 5) is 28.9. The zero-order valence-corrected chi connectivity index (χ0v) is 13.2. The number of rotatable bonds is 3. The van der Waals surface area contributed by atoms with E-state index in [-0.39, 0.29) is 28.6 Å². The molecule has 3 rings (SSSR count). The number of thioether (sulfide) groups is 1. The first-order valence-corrected chi connectivity index (χ1v) is 8.97. The highest BCUT2D eigenvalue weighted by atomic mass is 32.2. The van der Waals surface area contributed by atoms with Crippen LogP contribution < -0.4 is 0 Å². The highest BCUT2D eigenvalue weighted by molar-refractivity contribution is 8.00. The molecule has 2 amide bonds. The quantitative estimate of drug-likeness (QED) is 0.798. The Hall–Kier alpha value is -0.710. The Bertz CT molecular complexity index is 420. The minimum absolute atomic E-state index is 0.154. The fourth-order valence-electron chi connectivity index (χ4n) is 4.01. The van der Waals surface area contributed by atoms with Crippen molar-refractivity contribution in [3.8, 4) is 0 Å². The summed E-state index contributed by atoms with van der Waals surface area (Å²) in [6, 6.07) is -0.444. The second-order valence-electron chi connectivity index (χ2n) is 6.43. The van der Waals surface area contributed by atoms with Gasteiger partial charge in [-0.15, -0.1) is 0 Å². The van der Waals surface area contributed by atoms with Gasteiger partial charge in [-0.2, -0.15) is 11.8 Å². The molecule has 4 nitrogen and oxygen atoms in total. The van der Waals surface area contributed by atoms with Crippen LogP contribution in [0.5, 0.6) is 0 Å². The number of piperazine rings is 1. The molecule has 0 aromatic carbocycles. The van der Waals surface area contributed by atoms with Crippen LogP contribution in [0.2, 0.25) is 0 Å². The van der Waals surface area contributed by atoms with E-state index in [0.29, 0.717) is 0 Å². The summed E-state index contributed by atoms with van der Waals surface area (Å²) >= 11 is 1.89. The number of hydrogen-bond donors (Lipinski definition) is 0. The zero-order chi connectivity index (χ0) is 14.3. The van der Waals surface area contributed by atoms with Crippen molar-refractivity contribution in [1.82, 2.24) is 9.80 Å². The summed E-state index contributed by atoms with van der Waals surface area (Å²) in [5.74, 6) is 0.344. The van der Waals surface area contributed by atoms with E-state index in [0.717, 1.165) is 25.9 Å². The van der Waals surface area contributed by atoms with Crippen molar-refractivity contribution in [3.63, 3.8) is 0 Å². The molecule has 2 unspecified atom stereocenters. The van der Waals surface area contributed by atoms with Crippen LogP contribution >= 0.6 is 11.8 Å². The molecule has 2 heterocycles. The van der Waals surface area contributed by atoms with Gasteiger partial charge in [0.1, 0.15) is 12.1 Å². The summed E-state index contributed by atoms with van der Waals surface area (Å²) in [5.41, 5.74) is 0. The molecule has 112 valence electrons. The van der Waals surface area contributed by atoms with E-state index >= 15 is 0 Å². The van der Waals surface area contributed by atoms with E-state index in [9.17, 15) is 9.59 Å². The maximum atomic E-state index is 12.7. The Kier molecular flexibility index (Phi) is 3.73. The van der Waals surface area contributed by atoms with Crippen molar-refractivity contribution in [2.24, 2.45) is 0 Å². The van der Waals surface area contributed by atoms with Crippen LogP contribution in [-0.2, 0) is 9.59 Å². The molecule has 3 aliphatic rings. The maximum Gasteiger partial charge on any atom is 0.246 e. The first-order valence-electron chi connectivity index (χ1n) is 7.74. The molecule has 2 aliphatic heterocycles. The monoisotopic (exact) mass is 296 g/mol. The third-order valence-corrected chi connectivity index (χ3v) is 6.74. The fourth-order valence-corrected chi connectivity index (χ4v) is 4.98. The van der Waals surface area contributed by atoms with Gasteiger partial charge < -0.3 is 9.80 Å². The van der Waals surface area contributed by atoms with Gasteiger partial charge in [-0.3, -0.25) is 9.59 Å². The summed E-state index contributed by atoms with van der Waals surface area (Å²) in [6.45, 7) is 3.42. The van der Waals surface area contributed by atoms with E-state index in [1.807, 2.05) is 28.5 Å². The Balaban J connectivity index is 1.81. The maximum absolute atomic E-state index is 12.7. The molecule has 0 spiro atoms. The highest BCUT2D eigenvalue weighted by Crippen LogP contribution is 2.42. The third-order valence-electron chi connectivity index (χ3n) is 5.34. The molecule has 0 aromatic rings. The van der Waals surface area contributed by atoms with Crippen LogP contribution in [0.4, 0.5) is 0 Å². The van der Waals surface area contributed by atoms with Crippen molar-refractivity contribution in [1.29, 1.82) is 0 Å². The topological polar surface area (TPSA) is 40.6 Å². The molecule has 0 bridgehead atoms. The van der Waals surface area contributed by atoms with Gasteiger partial charge in [-0.25, -0.2) is 0 Å². The number of amides is 2. The predicted octanol–water partition coefficient (Wildman–Crippen LogP) is 1.88. The number of fused-ring (bicyclic) bond motifs is 1. The molecule has 2 saturated heterocycles. The molecule has 1 aliphatic carbocycles. The van der Waals surface area contributed by atoms with Crippen LogP contribution in [0, 0.1) is 0 Å². The molecule has 0 N–H and O–H groups in total. The molecule has 1 saturated carbocycles. The molecular formula is C15H24N2O2S. The van der Waals surface area contributed by atoms with Gasteiger partial charge >= 0.3 is 0 Å². The van der Waals surface area contributed by atoms with Crippen LogP contribution in [0.15, 0.2) is 0 Å². The van der Waals surface area contributed by atoms with Crippen LogP contribution in [0.1, 0.15) is 45.4 Å². The molecule has 5 heteroatoms. The Labute approximate surface area is 125 Å². The number of hydrogen-bond acceptors (Lipinski definition) is 3. The van der Waals surface area contributed by atoms with Crippen LogP contribution in [0.3, 0.4) is 0 Å². The SMILES string of the molecule is CSC1(CN2C(=O)C3CCCN3C(=O)C2C)CCCC1. The molecule has 20 heavy (non-hydrogen) atoms. The van der Waals surface area contributed by atoms with Gasteiger partial charge in [-0.05, 0) is 38.9 Å². The van der Waals surface area contributed by atoms with E-state index in [1.165, 1.54) is 25.7 Å². The van der Waals surface area contributed by atoms with Crippen LogP contribution in [0.25, 0.3) is 0 Å². The average Bonchev–Trinajstić information content (AvgIpc) is 3.11. The number of carbonyl (C=O) groups excluding carboxylic acids is 2. The minimum atomic E-state index is -0.276. The van der Waals surface area contributed by atoms with Gasteiger partial charge in [0.15, 0.2) is 0 Å². The van der Waals surface area contributed by atoms with Gasteiger partial charge in [0.05, 0.1) is 0 Å². The van der Waals surface area contributed by atoms with Crippen molar-refractivity contribution < 1.29 is 9.59 Å². The Morgan fingerprint density at radius 3 is 2.55 bits per heavy atom. The second kappa shape index (κ2) is 5.24. The molecular weight excluding hydrogens is 272 g/mol. The molecule has 0 aromatic heterocycles. The number of carbonyl (C=O) groups is 2. The molecule has 0 radical (unpaired) electrons. The molecule has 3 fully saturated rings.